The Kier molecular flexibility index (Phi) is 5.23. The van der Waals surface area contributed by atoms with E-state index in [0.29, 0.717) is 10.3 Å². The summed E-state index contributed by atoms with van der Waals surface area (Å²) in [7, 11) is -1.11. The molecule has 0 aliphatic carbocycles. The Hall–Kier alpha value is 1.80. The van der Waals surface area contributed by atoms with Crippen LogP contribution >= 0.6 is 34.1 Å². The second-order valence-electron chi connectivity index (χ2n) is 4.92. The fourth-order valence-corrected chi connectivity index (χ4v) is 44.1. The third-order valence-electron chi connectivity index (χ3n) is 1.51. The zero-order valence-electron chi connectivity index (χ0n) is 8.70. The summed E-state index contributed by atoms with van der Waals surface area (Å²) < 4.78 is 0. The maximum absolute atomic E-state index is 3.82. The number of hydrogen-bond donors (Lipinski definition) is 0. The normalized spacial score (nSPS) is 13.0. The van der Waals surface area contributed by atoms with Crippen molar-refractivity contribution < 1.29 is 0 Å². The first kappa shape index (κ1) is 13.8. The molecule has 12 heavy (non-hydrogen) atoms. The van der Waals surface area contributed by atoms with Crippen LogP contribution in [0.2, 0.25) is 0 Å². The van der Waals surface area contributed by atoms with Crippen LogP contribution in [0.4, 0.5) is 0 Å². The molecular formula is C8H18Br2GeP+. The van der Waals surface area contributed by atoms with Crippen LogP contribution < -0.4 is 0 Å². The quantitative estimate of drug-likeness (QED) is 0.418. The van der Waals surface area contributed by atoms with E-state index in [1.165, 1.54) is 0 Å². The number of hydrogen-bond acceptors (Lipinski definition) is 0. The van der Waals surface area contributed by atoms with Crippen molar-refractivity contribution in [2.45, 2.75) is 51.9 Å². The van der Waals surface area contributed by atoms with Crippen molar-refractivity contribution >= 4 is 43.8 Å². The van der Waals surface area contributed by atoms with Crippen LogP contribution in [0.25, 0.3) is 0 Å². The van der Waals surface area contributed by atoms with Crippen molar-refractivity contribution in [2.75, 3.05) is 0 Å². The molecule has 0 saturated heterocycles. The van der Waals surface area contributed by atoms with Crippen LogP contribution in [0, 0.1) is 0 Å². The van der Waals surface area contributed by atoms with E-state index in [-0.39, 0.29) is 6.09 Å². The van der Waals surface area contributed by atoms with Gasteiger partial charge >= 0.3 is 95.7 Å². The summed E-state index contributed by atoms with van der Waals surface area (Å²) in [6, 6.07) is 0. The molecule has 0 bridgehead atoms. The first-order valence-electron chi connectivity index (χ1n) is 4.05. The van der Waals surface area contributed by atoms with Gasteiger partial charge in [0.15, 0.2) is 0 Å². The maximum atomic E-state index is 3.82. The topological polar surface area (TPSA) is 0 Å². The Bertz CT molecular complexity index is 178. The van der Waals surface area contributed by atoms with Crippen LogP contribution in [-0.4, -0.2) is 20.0 Å². The van der Waals surface area contributed by atoms with Gasteiger partial charge in [0.1, 0.15) is 0 Å². The van der Waals surface area contributed by atoms with E-state index < -0.39 is 9.74 Å². The summed E-state index contributed by atoms with van der Waals surface area (Å²) in [6.07, 6.45) is 0.0983. The van der Waals surface area contributed by atoms with Gasteiger partial charge in [0.25, 0.3) is 0 Å². The van der Waals surface area contributed by atoms with Crippen LogP contribution in [-0.2, 0) is 0 Å². The molecule has 0 amide bonds. The van der Waals surface area contributed by atoms with Crippen molar-refractivity contribution in [2.24, 2.45) is 0 Å². The van der Waals surface area contributed by atoms with Crippen molar-refractivity contribution in [1.29, 1.82) is 0 Å². The number of halogens is 2. The van der Waals surface area contributed by atoms with Gasteiger partial charge in [-0.2, -0.15) is 0 Å². The molecule has 0 N–H and O–H groups in total. The van der Waals surface area contributed by atoms with Crippen LogP contribution in [0.5, 0.6) is 0 Å². The van der Waals surface area contributed by atoms with E-state index in [9.17, 15) is 0 Å². The average molecular weight is 378 g/mol. The van der Waals surface area contributed by atoms with Crippen LogP contribution in [0.15, 0.2) is 0 Å². The SMILES string of the molecule is CC(C)(C)[P+](=[Ge]([Br])[Br])C(C)(C)C. The Morgan fingerprint density at radius 2 is 1.08 bits per heavy atom. The predicted molar refractivity (Wildman–Crippen MR) is 70.0 cm³/mol. The fourth-order valence-electron chi connectivity index (χ4n) is 1.51. The molecule has 0 aromatic heterocycles. The Morgan fingerprint density at radius 1 is 0.833 bits per heavy atom. The molecule has 0 nitrogen and oxygen atoms in total. The van der Waals surface area contributed by atoms with Gasteiger partial charge in [0.2, 0.25) is 0 Å². The van der Waals surface area contributed by atoms with Gasteiger partial charge in [-0.1, -0.05) is 0 Å². The Balaban J connectivity index is 5.13. The molecule has 0 radical (unpaired) electrons. The van der Waals surface area contributed by atoms with E-state index in [4.69, 9.17) is 0 Å². The molecule has 0 spiro atoms. The minimum absolute atomic E-state index is 0.0983. The fraction of sp³-hybridized carbons (Fsp3) is 1.00. The number of rotatable bonds is 0. The van der Waals surface area contributed by atoms with Gasteiger partial charge in [-0.05, 0) is 0 Å². The van der Waals surface area contributed by atoms with E-state index in [0.717, 1.165) is 0 Å². The zero-order chi connectivity index (χ0) is 10.2. The summed E-state index contributed by atoms with van der Waals surface area (Å²) in [4.78, 5) is 0. The summed E-state index contributed by atoms with van der Waals surface area (Å²) in [5.74, 6) is 0. The molecule has 0 rings (SSSR count). The standard InChI is InChI=1S/C8H18Br2GeP/c1-7(2,3)12(11(9)10)8(4,5)6/h1-6H3/q+1. The molecule has 0 fully saturated rings. The monoisotopic (exact) mass is 377 g/mol. The first-order valence-corrected chi connectivity index (χ1v) is 18.0. The van der Waals surface area contributed by atoms with Gasteiger partial charge in [-0.3, -0.25) is 0 Å². The van der Waals surface area contributed by atoms with Crippen molar-refractivity contribution in [3.8, 4) is 0 Å². The molecule has 0 aliphatic heterocycles. The Labute approximate surface area is 95.0 Å². The summed E-state index contributed by atoms with van der Waals surface area (Å²) in [6.45, 7) is 14.2. The van der Waals surface area contributed by atoms with Crippen LogP contribution in [0.3, 0.4) is 0 Å². The van der Waals surface area contributed by atoms with Crippen molar-refractivity contribution in [3.05, 3.63) is 0 Å². The first-order chi connectivity index (χ1) is 5.07. The van der Waals surface area contributed by atoms with Gasteiger partial charge in [-0.15, -0.1) is 0 Å². The molecule has 0 saturated carbocycles. The van der Waals surface area contributed by atoms with E-state index >= 15 is 0 Å². The summed E-state index contributed by atoms with van der Waals surface area (Å²) in [5.41, 5.74) is 0. The second-order valence-corrected chi connectivity index (χ2v) is 34.6. The third kappa shape index (κ3) is 4.35. The predicted octanol–water partition coefficient (Wildman–Crippen LogP) is 4.84. The molecule has 0 heterocycles. The van der Waals surface area contributed by atoms with Gasteiger partial charge < -0.3 is 0 Å². The van der Waals surface area contributed by atoms with Crippen molar-refractivity contribution in [1.82, 2.24) is 0 Å². The molecule has 0 unspecified atom stereocenters. The molecule has 72 valence electrons. The second kappa shape index (κ2) is 4.55. The van der Waals surface area contributed by atoms with Crippen LogP contribution in [0.1, 0.15) is 41.5 Å². The van der Waals surface area contributed by atoms with Gasteiger partial charge in [0.05, 0.1) is 0 Å². The molecular weight excluding hydrogens is 359 g/mol. The molecule has 0 aliphatic rings. The average Bonchev–Trinajstić information content (AvgIpc) is 1.49. The third-order valence-corrected chi connectivity index (χ3v) is 26.2. The summed E-state index contributed by atoms with van der Waals surface area (Å²) >= 11 is 7.65. The zero-order valence-corrected chi connectivity index (χ0v) is 14.9. The molecule has 0 aromatic rings. The minimum atomic E-state index is -1.11. The van der Waals surface area contributed by atoms with E-state index in [1.807, 2.05) is 0 Å². The van der Waals surface area contributed by atoms with Gasteiger partial charge in [0, 0.05) is 0 Å². The molecule has 0 atom stereocenters. The molecule has 4 heteroatoms. The van der Waals surface area contributed by atoms with E-state index in [2.05, 4.69) is 69.6 Å². The van der Waals surface area contributed by atoms with Gasteiger partial charge in [-0.25, -0.2) is 0 Å². The molecule has 0 aromatic carbocycles. The van der Waals surface area contributed by atoms with Crippen molar-refractivity contribution in [3.63, 3.8) is 0 Å². The Morgan fingerprint density at radius 3 is 1.08 bits per heavy atom. The summed E-state index contributed by atoms with van der Waals surface area (Å²) in [5, 5.41) is 0.936. The van der Waals surface area contributed by atoms with E-state index in [1.54, 1.807) is 0 Å².